The Balaban J connectivity index is 1.51. The van der Waals surface area contributed by atoms with Gasteiger partial charge in [0, 0.05) is 42.2 Å². The number of nitrogens with two attached hydrogens (primary N) is 1. The highest BCUT2D eigenvalue weighted by Gasteiger charge is 2.30. The fourth-order valence-corrected chi connectivity index (χ4v) is 3.80. The van der Waals surface area contributed by atoms with E-state index >= 15 is 0 Å². The first-order chi connectivity index (χ1) is 16.5. The summed E-state index contributed by atoms with van der Waals surface area (Å²) < 4.78 is 32.5. The quantitative estimate of drug-likeness (QED) is 0.572. The number of halogens is 2. The van der Waals surface area contributed by atoms with Crippen molar-refractivity contribution in [2.24, 2.45) is 5.92 Å². The number of pyridine rings is 3. The molecular formula is C24H22F2N6O2. The predicted molar refractivity (Wildman–Crippen MR) is 124 cm³/mol. The molecule has 5 rings (SSSR count). The minimum Gasteiger partial charge on any atom is -0.396 e. The Hall–Kier alpha value is -3.84. The highest BCUT2D eigenvalue weighted by molar-refractivity contribution is 5.97. The molecule has 1 aliphatic carbocycles. The maximum atomic E-state index is 13.5. The van der Waals surface area contributed by atoms with Gasteiger partial charge in [0.15, 0.2) is 0 Å². The number of ether oxygens (including phenoxy) is 1. The van der Waals surface area contributed by atoms with Gasteiger partial charge in [-0.2, -0.15) is 0 Å². The van der Waals surface area contributed by atoms with Gasteiger partial charge in [0.05, 0.1) is 36.3 Å². The third-order valence-corrected chi connectivity index (χ3v) is 5.80. The molecule has 174 valence electrons. The van der Waals surface area contributed by atoms with E-state index in [4.69, 9.17) is 10.5 Å². The van der Waals surface area contributed by atoms with Crippen LogP contribution in [0.15, 0.2) is 30.7 Å². The van der Waals surface area contributed by atoms with Gasteiger partial charge in [0.25, 0.3) is 6.43 Å². The maximum Gasteiger partial charge on any atom is 0.281 e. The summed E-state index contributed by atoms with van der Waals surface area (Å²) in [5.74, 6) is 6.14. The zero-order valence-corrected chi connectivity index (χ0v) is 18.2. The molecular weight excluding hydrogens is 442 g/mol. The number of hydrogen-bond acceptors (Lipinski definition) is 7. The van der Waals surface area contributed by atoms with Crippen LogP contribution in [0.5, 0.6) is 0 Å². The van der Waals surface area contributed by atoms with Crippen LogP contribution in [0.25, 0.3) is 10.8 Å². The lowest BCUT2D eigenvalue weighted by molar-refractivity contribution is -0.117. The summed E-state index contributed by atoms with van der Waals surface area (Å²) in [5, 5.41) is 3.37. The van der Waals surface area contributed by atoms with Crippen LogP contribution in [0.4, 0.5) is 26.0 Å². The van der Waals surface area contributed by atoms with Gasteiger partial charge in [0.1, 0.15) is 17.2 Å². The number of carbonyl (C=O) groups excluding carboxylic acids is 1. The van der Waals surface area contributed by atoms with Crippen LogP contribution in [0.2, 0.25) is 0 Å². The number of alkyl halides is 2. The molecule has 4 heterocycles. The fourth-order valence-electron chi connectivity index (χ4n) is 3.80. The van der Waals surface area contributed by atoms with Crippen LogP contribution in [0.1, 0.15) is 36.2 Å². The lowest BCUT2D eigenvalue weighted by atomic mass is 10.1. The molecule has 1 amide bonds. The molecule has 0 bridgehead atoms. The number of hydrogen-bond donors (Lipinski definition) is 2. The van der Waals surface area contributed by atoms with E-state index in [1.54, 1.807) is 18.3 Å². The minimum absolute atomic E-state index is 0.0110. The van der Waals surface area contributed by atoms with Crippen LogP contribution in [0.3, 0.4) is 0 Å². The van der Waals surface area contributed by atoms with Crippen molar-refractivity contribution < 1.29 is 18.3 Å². The molecule has 0 aromatic carbocycles. The number of fused-ring (bicyclic) bond motifs is 1. The Kier molecular flexibility index (Phi) is 5.94. The maximum absolute atomic E-state index is 13.5. The molecule has 1 aliphatic heterocycles. The molecule has 0 atom stereocenters. The Morgan fingerprint density at radius 1 is 1.09 bits per heavy atom. The Labute approximate surface area is 194 Å². The lowest BCUT2D eigenvalue weighted by Crippen LogP contribution is -2.36. The monoisotopic (exact) mass is 464 g/mol. The molecule has 8 nitrogen and oxygen atoms in total. The van der Waals surface area contributed by atoms with Crippen LogP contribution in [0, 0.1) is 17.8 Å². The molecule has 3 N–H and O–H groups in total. The van der Waals surface area contributed by atoms with Gasteiger partial charge in [-0.05, 0) is 30.9 Å². The van der Waals surface area contributed by atoms with E-state index in [9.17, 15) is 13.6 Å². The Bertz CT molecular complexity index is 1310. The molecule has 1 saturated heterocycles. The number of anilines is 3. The molecule has 2 fully saturated rings. The van der Waals surface area contributed by atoms with E-state index in [2.05, 4.69) is 37.0 Å². The number of nitrogen functional groups attached to an aromatic ring is 1. The predicted octanol–water partition coefficient (Wildman–Crippen LogP) is 3.13. The first-order valence-corrected chi connectivity index (χ1v) is 11.0. The first kappa shape index (κ1) is 22.0. The number of rotatable bonds is 4. The van der Waals surface area contributed by atoms with Crippen LogP contribution >= 0.6 is 0 Å². The number of nitrogens with zero attached hydrogens (tertiary/aromatic N) is 4. The molecule has 3 aromatic heterocycles. The number of aromatic nitrogens is 3. The van der Waals surface area contributed by atoms with Gasteiger partial charge in [0.2, 0.25) is 5.91 Å². The summed E-state index contributed by atoms with van der Waals surface area (Å²) in [5.41, 5.74) is 8.01. The summed E-state index contributed by atoms with van der Waals surface area (Å²) in [6, 6.07) is 3.36. The van der Waals surface area contributed by atoms with E-state index in [0.717, 1.165) is 18.5 Å². The van der Waals surface area contributed by atoms with Crippen LogP contribution < -0.4 is 16.0 Å². The first-order valence-electron chi connectivity index (χ1n) is 11.0. The summed E-state index contributed by atoms with van der Waals surface area (Å²) in [7, 11) is 0. The average Bonchev–Trinajstić information content (AvgIpc) is 3.69. The fraction of sp³-hybridized carbons (Fsp3) is 0.333. The molecule has 0 radical (unpaired) electrons. The minimum atomic E-state index is -2.77. The van der Waals surface area contributed by atoms with Crippen molar-refractivity contribution in [1.29, 1.82) is 0 Å². The molecule has 3 aromatic rings. The second kappa shape index (κ2) is 9.19. The molecule has 2 aliphatic rings. The molecule has 10 heteroatoms. The highest BCUT2D eigenvalue weighted by atomic mass is 19.3. The van der Waals surface area contributed by atoms with Crippen molar-refractivity contribution in [3.63, 3.8) is 0 Å². The SMILES string of the molecule is Nc1cnc(C#Cc2cnc(C(F)F)c3cnc(NC(=O)C4CC4)cc23)cc1N1CCOCC1. The number of carbonyl (C=O) groups is 1. The summed E-state index contributed by atoms with van der Waals surface area (Å²) in [6.45, 7) is 2.66. The van der Waals surface area contributed by atoms with Crippen molar-refractivity contribution in [1.82, 2.24) is 15.0 Å². The summed E-state index contributed by atoms with van der Waals surface area (Å²) in [6.07, 6.45) is 3.08. The molecule has 0 spiro atoms. The van der Waals surface area contributed by atoms with Gasteiger partial charge >= 0.3 is 0 Å². The number of nitrogens with one attached hydrogen (secondary N) is 1. The largest absolute Gasteiger partial charge is 0.396 e. The van der Waals surface area contributed by atoms with Gasteiger partial charge in [-0.3, -0.25) is 9.78 Å². The highest BCUT2D eigenvalue weighted by Crippen LogP contribution is 2.32. The van der Waals surface area contributed by atoms with Crippen LogP contribution in [-0.4, -0.2) is 47.2 Å². The van der Waals surface area contributed by atoms with E-state index in [1.807, 2.05) is 0 Å². The lowest BCUT2D eigenvalue weighted by Gasteiger charge is -2.29. The van der Waals surface area contributed by atoms with E-state index < -0.39 is 6.43 Å². The second-order valence-electron chi connectivity index (χ2n) is 8.21. The van der Waals surface area contributed by atoms with Gasteiger partial charge < -0.3 is 20.7 Å². The topological polar surface area (TPSA) is 106 Å². The standard InChI is InChI=1S/C24H22F2N6O2/c25-23(26)22-18-12-29-21(31-24(33)14-1-2-14)10-17(18)15(11-30-22)3-4-16-9-20(19(27)13-28-16)32-5-7-34-8-6-32/h9-14,23H,1-2,5-8,27H2,(H,29,31,33). The molecule has 0 unspecified atom stereocenters. The van der Waals surface area contributed by atoms with Crippen molar-refractivity contribution in [2.45, 2.75) is 19.3 Å². The zero-order valence-electron chi connectivity index (χ0n) is 18.2. The van der Waals surface area contributed by atoms with Crippen LogP contribution in [-0.2, 0) is 9.53 Å². The smallest absolute Gasteiger partial charge is 0.281 e. The normalized spacial score (nSPS) is 15.8. The van der Waals surface area contributed by atoms with Gasteiger partial charge in [-0.15, -0.1) is 0 Å². The van der Waals surface area contributed by atoms with Crippen molar-refractivity contribution >= 4 is 33.9 Å². The van der Waals surface area contributed by atoms with Crippen molar-refractivity contribution in [2.75, 3.05) is 42.3 Å². The average molecular weight is 464 g/mol. The third-order valence-electron chi connectivity index (χ3n) is 5.80. The third kappa shape index (κ3) is 4.61. The van der Waals surface area contributed by atoms with E-state index in [0.29, 0.717) is 54.5 Å². The van der Waals surface area contributed by atoms with Gasteiger partial charge in [-0.1, -0.05) is 5.92 Å². The molecule has 1 saturated carbocycles. The van der Waals surface area contributed by atoms with Crippen molar-refractivity contribution in [3.8, 4) is 11.8 Å². The van der Waals surface area contributed by atoms with Gasteiger partial charge in [-0.25, -0.2) is 18.7 Å². The Morgan fingerprint density at radius 2 is 1.88 bits per heavy atom. The zero-order chi connectivity index (χ0) is 23.7. The summed E-state index contributed by atoms with van der Waals surface area (Å²) >= 11 is 0. The van der Waals surface area contributed by atoms with E-state index in [1.165, 1.54) is 12.4 Å². The summed E-state index contributed by atoms with van der Waals surface area (Å²) in [4.78, 5) is 26.6. The van der Waals surface area contributed by atoms with Crippen molar-refractivity contribution in [3.05, 3.63) is 47.7 Å². The Morgan fingerprint density at radius 3 is 2.62 bits per heavy atom. The molecule has 34 heavy (non-hydrogen) atoms. The second-order valence-corrected chi connectivity index (χ2v) is 8.21. The number of morpholine rings is 1. The number of amides is 1. The van der Waals surface area contributed by atoms with E-state index in [-0.39, 0.29) is 22.9 Å².